The molecule has 0 aliphatic heterocycles. The van der Waals surface area contributed by atoms with Crippen LogP contribution in [0, 0.1) is 0 Å². The zero-order valence-corrected chi connectivity index (χ0v) is 12.6. The highest BCUT2D eigenvalue weighted by Crippen LogP contribution is 2.38. The third kappa shape index (κ3) is 2.72. The van der Waals surface area contributed by atoms with Crippen molar-refractivity contribution in [3.05, 3.63) is 44.2 Å². The fraction of sp³-hybridized carbons (Fsp3) is 0.154. The number of rotatable bonds is 3. The minimum Gasteiger partial charge on any atom is -0.293 e. The summed E-state index contributed by atoms with van der Waals surface area (Å²) in [5, 5.41) is 1.40. The van der Waals surface area contributed by atoms with E-state index in [-0.39, 0.29) is 5.78 Å². The van der Waals surface area contributed by atoms with Crippen molar-refractivity contribution in [1.29, 1.82) is 0 Å². The standard InChI is InChI=1S/C13H9Cl3OS/c1-2-11(17)13-4-3-12(18-13)7-5-9(15)10(16)6-8(7)14/h3-6H,2H2,1H3. The van der Waals surface area contributed by atoms with Gasteiger partial charge >= 0.3 is 0 Å². The number of carbonyl (C=O) groups is 1. The third-order valence-corrected chi connectivity index (χ3v) is 4.67. The third-order valence-electron chi connectivity index (χ3n) is 2.48. The molecule has 0 spiro atoms. The van der Waals surface area contributed by atoms with E-state index in [9.17, 15) is 4.79 Å². The molecule has 18 heavy (non-hydrogen) atoms. The molecule has 0 aliphatic rings. The molecule has 0 saturated heterocycles. The van der Waals surface area contributed by atoms with Gasteiger partial charge in [-0.3, -0.25) is 4.79 Å². The quantitative estimate of drug-likeness (QED) is 0.503. The van der Waals surface area contributed by atoms with Crippen LogP contribution in [0.4, 0.5) is 0 Å². The molecule has 1 aromatic heterocycles. The first-order valence-electron chi connectivity index (χ1n) is 5.31. The van der Waals surface area contributed by atoms with Gasteiger partial charge in [-0.05, 0) is 24.3 Å². The van der Waals surface area contributed by atoms with Crippen LogP contribution in [0.25, 0.3) is 10.4 Å². The van der Waals surface area contributed by atoms with Gasteiger partial charge in [-0.2, -0.15) is 0 Å². The number of carbonyl (C=O) groups excluding carboxylic acids is 1. The number of ketones is 1. The van der Waals surface area contributed by atoms with Gasteiger partial charge in [0.2, 0.25) is 0 Å². The van der Waals surface area contributed by atoms with Crippen LogP contribution < -0.4 is 0 Å². The topological polar surface area (TPSA) is 17.1 Å². The maximum Gasteiger partial charge on any atom is 0.172 e. The van der Waals surface area contributed by atoms with Crippen molar-refractivity contribution in [1.82, 2.24) is 0 Å². The molecule has 0 bridgehead atoms. The Bertz CT molecular complexity index is 604. The lowest BCUT2D eigenvalue weighted by Crippen LogP contribution is -1.90. The molecule has 0 amide bonds. The summed E-state index contributed by atoms with van der Waals surface area (Å²) in [6.45, 7) is 1.84. The average molecular weight is 320 g/mol. The molecule has 2 aromatic rings. The second-order valence-corrected chi connectivity index (χ2v) is 5.99. The lowest BCUT2D eigenvalue weighted by Gasteiger charge is -2.03. The Morgan fingerprint density at radius 3 is 2.44 bits per heavy atom. The highest BCUT2D eigenvalue weighted by atomic mass is 35.5. The molecule has 94 valence electrons. The summed E-state index contributed by atoms with van der Waals surface area (Å²) >= 11 is 19.4. The Morgan fingerprint density at radius 2 is 1.78 bits per heavy atom. The van der Waals surface area contributed by atoms with E-state index in [1.807, 2.05) is 19.1 Å². The summed E-state index contributed by atoms with van der Waals surface area (Å²) in [6.07, 6.45) is 0.495. The van der Waals surface area contributed by atoms with Crippen molar-refractivity contribution in [2.45, 2.75) is 13.3 Å². The molecule has 2 rings (SSSR count). The molecule has 0 fully saturated rings. The number of halogens is 3. The maximum atomic E-state index is 11.6. The number of benzene rings is 1. The molecule has 0 saturated carbocycles. The van der Waals surface area contributed by atoms with Crippen LogP contribution in [0.2, 0.25) is 15.1 Å². The smallest absolute Gasteiger partial charge is 0.172 e. The van der Waals surface area contributed by atoms with Crippen LogP contribution in [0.5, 0.6) is 0 Å². The largest absolute Gasteiger partial charge is 0.293 e. The van der Waals surface area contributed by atoms with Crippen molar-refractivity contribution in [3.8, 4) is 10.4 Å². The van der Waals surface area contributed by atoms with Crippen LogP contribution in [-0.2, 0) is 0 Å². The molecule has 5 heteroatoms. The highest BCUT2D eigenvalue weighted by Gasteiger charge is 2.12. The molecule has 1 nitrogen and oxygen atoms in total. The van der Waals surface area contributed by atoms with Gasteiger partial charge in [-0.25, -0.2) is 0 Å². The normalized spacial score (nSPS) is 10.7. The van der Waals surface area contributed by atoms with Crippen molar-refractivity contribution >= 4 is 51.9 Å². The van der Waals surface area contributed by atoms with Gasteiger partial charge in [-0.1, -0.05) is 41.7 Å². The van der Waals surface area contributed by atoms with E-state index in [0.29, 0.717) is 21.5 Å². The molecular formula is C13H9Cl3OS. The Labute approximate surface area is 124 Å². The molecule has 0 unspecified atom stereocenters. The first-order valence-corrected chi connectivity index (χ1v) is 7.26. The van der Waals surface area contributed by atoms with E-state index >= 15 is 0 Å². The minimum absolute atomic E-state index is 0.127. The molecule has 1 aromatic carbocycles. The average Bonchev–Trinajstić information content (AvgIpc) is 2.82. The zero-order chi connectivity index (χ0) is 13.3. The van der Waals surface area contributed by atoms with E-state index in [1.165, 1.54) is 11.3 Å². The first kappa shape index (κ1) is 13.9. The van der Waals surface area contributed by atoms with Crippen LogP contribution in [-0.4, -0.2) is 5.78 Å². The Kier molecular flexibility index (Phi) is 4.33. The van der Waals surface area contributed by atoms with Gasteiger partial charge in [0, 0.05) is 16.9 Å². The van der Waals surface area contributed by atoms with Crippen LogP contribution in [0.15, 0.2) is 24.3 Å². The lowest BCUT2D eigenvalue weighted by molar-refractivity contribution is 0.0992. The van der Waals surface area contributed by atoms with E-state index in [4.69, 9.17) is 34.8 Å². The summed E-state index contributed by atoms with van der Waals surface area (Å²) in [7, 11) is 0. The van der Waals surface area contributed by atoms with Gasteiger partial charge < -0.3 is 0 Å². The molecule has 0 radical (unpaired) electrons. The summed E-state index contributed by atoms with van der Waals surface area (Å²) < 4.78 is 0. The van der Waals surface area contributed by atoms with E-state index < -0.39 is 0 Å². The predicted molar refractivity (Wildman–Crippen MR) is 79.4 cm³/mol. The Hall–Kier alpha value is -0.540. The van der Waals surface area contributed by atoms with Gasteiger partial charge in [0.25, 0.3) is 0 Å². The monoisotopic (exact) mass is 318 g/mol. The van der Waals surface area contributed by atoms with Gasteiger partial charge in [0.1, 0.15) is 0 Å². The van der Waals surface area contributed by atoms with Crippen LogP contribution >= 0.6 is 46.1 Å². The van der Waals surface area contributed by atoms with Crippen molar-refractivity contribution in [2.75, 3.05) is 0 Å². The minimum atomic E-state index is 0.127. The summed E-state index contributed by atoms with van der Waals surface area (Å²) in [5.74, 6) is 0.127. The van der Waals surface area contributed by atoms with E-state index in [2.05, 4.69) is 0 Å². The number of thiophene rings is 1. The maximum absolute atomic E-state index is 11.6. The molecular weight excluding hydrogens is 311 g/mol. The number of hydrogen-bond acceptors (Lipinski definition) is 2. The van der Waals surface area contributed by atoms with Crippen LogP contribution in [0.1, 0.15) is 23.0 Å². The first-order chi connectivity index (χ1) is 8.52. The molecule has 0 aliphatic carbocycles. The fourth-order valence-corrected chi connectivity index (χ4v) is 3.27. The zero-order valence-electron chi connectivity index (χ0n) is 9.47. The van der Waals surface area contributed by atoms with Crippen molar-refractivity contribution in [2.24, 2.45) is 0 Å². The Balaban J connectivity index is 2.46. The highest BCUT2D eigenvalue weighted by molar-refractivity contribution is 7.17. The van der Waals surface area contributed by atoms with Crippen molar-refractivity contribution in [3.63, 3.8) is 0 Å². The molecule has 1 heterocycles. The second kappa shape index (κ2) is 5.62. The second-order valence-electron chi connectivity index (χ2n) is 3.69. The summed E-state index contributed by atoms with van der Waals surface area (Å²) in [5.41, 5.74) is 0.797. The molecule has 0 atom stereocenters. The number of Topliss-reactive ketones (excluding diaryl/α,β-unsaturated/α-hetero) is 1. The fourth-order valence-electron chi connectivity index (χ4n) is 1.52. The van der Waals surface area contributed by atoms with Crippen LogP contribution in [0.3, 0.4) is 0 Å². The van der Waals surface area contributed by atoms with E-state index in [0.717, 1.165) is 15.3 Å². The number of hydrogen-bond donors (Lipinski definition) is 0. The summed E-state index contributed by atoms with van der Waals surface area (Å²) in [6, 6.07) is 7.02. The lowest BCUT2D eigenvalue weighted by atomic mass is 10.2. The summed E-state index contributed by atoms with van der Waals surface area (Å²) in [4.78, 5) is 13.2. The predicted octanol–water partition coefficient (Wildman–Crippen LogP) is 5.97. The van der Waals surface area contributed by atoms with Gasteiger partial charge in [0.05, 0.1) is 19.9 Å². The van der Waals surface area contributed by atoms with E-state index in [1.54, 1.807) is 12.1 Å². The molecule has 0 N–H and O–H groups in total. The van der Waals surface area contributed by atoms with Gasteiger partial charge in [-0.15, -0.1) is 11.3 Å². The SMILES string of the molecule is CCC(=O)c1ccc(-c2cc(Cl)c(Cl)cc2Cl)s1. The van der Waals surface area contributed by atoms with Crippen molar-refractivity contribution < 1.29 is 4.79 Å². The van der Waals surface area contributed by atoms with Gasteiger partial charge in [0.15, 0.2) is 5.78 Å². The Morgan fingerprint density at radius 1 is 1.11 bits per heavy atom.